The molecule has 5 nitrogen and oxygen atoms in total. The van der Waals surface area contributed by atoms with E-state index in [0.717, 1.165) is 10.9 Å². The van der Waals surface area contributed by atoms with Crippen LogP contribution in [0.1, 0.15) is 20.1 Å². The molecule has 0 aliphatic carbocycles. The minimum absolute atomic E-state index is 0.0576. The van der Waals surface area contributed by atoms with Gasteiger partial charge in [-0.3, -0.25) is 10.2 Å². The summed E-state index contributed by atoms with van der Waals surface area (Å²) in [5.41, 5.74) is 2.26. The van der Waals surface area contributed by atoms with Gasteiger partial charge in [0.05, 0.1) is 16.5 Å². The molecule has 1 aromatic carbocycles. The highest BCUT2D eigenvalue weighted by atomic mass is 32.1. The van der Waals surface area contributed by atoms with Crippen molar-refractivity contribution in [3.63, 3.8) is 0 Å². The Kier molecular flexibility index (Phi) is 4.30. The molecule has 0 atom stereocenters. The lowest BCUT2D eigenvalue weighted by Gasteiger charge is -2.05. The van der Waals surface area contributed by atoms with Crippen LogP contribution >= 0.6 is 11.3 Å². The molecule has 1 heterocycles. The Labute approximate surface area is 118 Å². The Morgan fingerprint density at radius 1 is 1.45 bits per heavy atom. The zero-order valence-corrected chi connectivity index (χ0v) is 11.0. The summed E-state index contributed by atoms with van der Waals surface area (Å²) < 4.78 is 18.9. The minimum atomic E-state index is -0.597. The van der Waals surface area contributed by atoms with E-state index in [2.05, 4.69) is 0 Å². The SMILES string of the molecule is N#Cc1ccc(OCc2ccc(C(=O)NN)s2)c(F)c1. The van der Waals surface area contributed by atoms with Crippen LogP contribution in [0.2, 0.25) is 0 Å². The maximum Gasteiger partial charge on any atom is 0.275 e. The van der Waals surface area contributed by atoms with Gasteiger partial charge < -0.3 is 4.74 Å². The molecule has 0 fully saturated rings. The number of thiophene rings is 1. The molecular weight excluding hydrogens is 281 g/mol. The van der Waals surface area contributed by atoms with Crippen molar-refractivity contribution in [2.24, 2.45) is 5.84 Å². The maximum absolute atomic E-state index is 13.6. The number of nitrogens with zero attached hydrogens (tertiary/aromatic N) is 1. The van der Waals surface area contributed by atoms with Crippen LogP contribution in [0.5, 0.6) is 5.75 Å². The summed E-state index contributed by atoms with van der Waals surface area (Å²) in [7, 11) is 0. The molecule has 0 saturated carbocycles. The van der Waals surface area contributed by atoms with Crippen LogP contribution < -0.4 is 16.0 Å². The Morgan fingerprint density at radius 2 is 2.25 bits per heavy atom. The topological polar surface area (TPSA) is 88.1 Å². The molecule has 0 bridgehead atoms. The number of carbonyl (C=O) groups is 1. The van der Waals surface area contributed by atoms with E-state index in [-0.39, 0.29) is 23.8 Å². The number of halogens is 1. The second-order valence-corrected chi connectivity index (χ2v) is 4.95. The van der Waals surface area contributed by atoms with E-state index in [9.17, 15) is 9.18 Å². The van der Waals surface area contributed by atoms with Gasteiger partial charge in [0.25, 0.3) is 5.91 Å². The molecule has 3 N–H and O–H groups in total. The Balaban J connectivity index is 2.04. The average molecular weight is 291 g/mol. The number of nitriles is 1. The van der Waals surface area contributed by atoms with Crippen molar-refractivity contribution in [2.75, 3.05) is 0 Å². The van der Waals surface area contributed by atoms with Gasteiger partial charge in [0, 0.05) is 4.88 Å². The number of nitrogens with one attached hydrogen (secondary N) is 1. The Bertz CT molecular complexity index is 678. The molecule has 2 rings (SSSR count). The fourth-order valence-corrected chi connectivity index (χ4v) is 2.31. The molecule has 0 aliphatic rings. The molecule has 0 radical (unpaired) electrons. The van der Waals surface area contributed by atoms with Crippen LogP contribution in [0, 0.1) is 17.1 Å². The highest BCUT2D eigenvalue weighted by molar-refractivity contribution is 7.14. The van der Waals surface area contributed by atoms with Gasteiger partial charge in [-0.05, 0) is 30.3 Å². The third-order valence-electron chi connectivity index (χ3n) is 2.45. The highest BCUT2D eigenvalue weighted by Gasteiger charge is 2.09. The molecule has 20 heavy (non-hydrogen) atoms. The summed E-state index contributed by atoms with van der Waals surface area (Å²) in [6.07, 6.45) is 0. The number of carbonyl (C=O) groups excluding carboxylic acids is 1. The summed E-state index contributed by atoms with van der Waals surface area (Å²) in [6, 6.07) is 9.14. The zero-order valence-electron chi connectivity index (χ0n) is 10.2. The summed E-state index contributed by atoms with van der Waals surface area (Å²) in [4.78, 5) is 12.5. The Hall–Kier alpha value is -2.43. The second-order valence-electron chi connectivity index (χ2n) is 3.79. The predicted octanol–water partition coefficient (Wildman–Crippen LogP) is 1.94. The third kappa shape index (κ3) is 3.12. The first kappa shape index (κ1) is 14.0. The standard InChI is InChI=1S/C13H10FN3O2S/c14-10-5-8(6-15)1-3-11(10)19-7-9-2-4-12(20-9)13(18)17-16/h1-5H,7,16H2,(H,17,18). The quantitative estimate of drug-likeness (QED) is 0.512. The van der Waals surface area contributed by atoms with Crippen LogP contribution in [0.25, 0.3) is 0 Å². The van der Waals surface area contributed by atoms with Gasteiger partial charge in [-0.15, -0.1) is 11.3 Å². The van der Waals surface area contributed by atoms with Gasteiger partial charge in [-0.25, -0.2) is 10.2 Å². The molecule has 0 unspecified atom stereocenters. The van der Waals surface area contributed by atoms with E-state index in [0.29, 0.717) is 4.88 Å². The number of nitrogen functional groups attached to an aromatic ring is 1. The van der Waals surface area contributed by atoms with Crippen molar-refractivity contribution in [2.45, 2.75) is 6.61 Å². The van der Waals surface area contributed by atoms with Gasteiger partial charge >= 0.3 is 0 Å². The van der Waals surface area contributed by atoms with Gasteiger partial charge in [0.1, 0.15) is 6.61 Å². The van der Waals surface area contributed by atoms with Crippen LogP contribution in [0.3, 0.4) is 0 Å². The van der Waals surface area contributed by atoms with Crippen molar-refractivity contribution in [3.8, 4) is 11.8 Å². The number of hydrazine groups is 1. The predicted molar refractivity (Wildman–Crippen MR) is 71.4 cm³/mol. The van der Waals surface area contributed by atoms with E-state index in [1.54, 1.807) is 12.1 Å². The van der Waals surface area contributed by atoms with Crippen molar-refractivity contribution in [1.82, 2.24) is 5.43 Å². The Morgan fingerprint density at radius 3 is 2.90 bits per heavy atom. The molecule has 0 saturated heterocycles. The van der Waals surface area contributed by atoms with Crippen LogP contribution in [0.15, 0.2) is 30.3 Å². The van der Waals surface area contributed by atoms with E-state index >= 15 is 0 Å². The number of rotatable bonds is 4. The summed E-state index contributed by atoms with van der Waals surface area (Å²) >= 11 is 1.21. The number of benzene rings is 1. The fraction of sp³-hybridized carbons (Fsp3) is 0.0769. The lowest BCUT2D eigenvalue weighted by atomic mass is 10.2. The smallest absolute Gasteiger partial charge is 0.275 e. The number of amides is 1. The molecule has 0 spiro atoms. The number of hydrogen-bond donors (Lipinski definition) is 2. The normalized spacial score (nSPS) is 9.85. The number of hydrogen-bond acceptors (Lipinski definition) is 5. The van der Waals surface area contributed by atoms with Gasteiger partial charge in [0.2, 0.25) is 0 Å². The first-order valence-electron chi connectivity index (χ1n) is 5.56. The van der Waals surface area contributed by atoms with Crippen LogP contribution in [0.4, 0.5) is 4.39 Å². The van der Waals surface area contributed by atoms with Crippen molar-refractivity contribution in [1.29, 1.82) is 5.26 Å². The number of ether oxygens (including phenoxy) is 1. The third-order valence-corrected chi connectivity index (χ3v) is 3.50. The van der Waals surface area contributed by atoms with Crippen LogP contribution in [-0.4, -0.2) is 5.91 Å². The maximum atomic E-state index is 13.6. The molecule has 0 aliphatic heterocycles. The molecule has 2 aromatic rings. The summed E-state index contributed by atoms with van der Waals surface area (Å²) in [5.74, 6) is 4.10. The molecule has 1 aromatic heterocycles. The number of nitrogens with two attached hydrogens (primary N) is 1. The van der Waals surface area contributed by atoms with E-state index in [1.165, 1.54) is 23.5 Å². The van der Waals surface area contributed by atoms with Crippen molar-refractivity contribution < 1.29 is 13.9 Å². The lowest BCUT2D eigenvalue weighted by molar-refractivity contribution is 0.0957. The molecule has 7 heteroatoms. The summed E-state index contributed by atoms with van der Waals surface area (Å²) in [6.45, 7) is 0.130. The lowest BCUT2D eigenvalue weighted by Crippen LogP contribution is -2.29. The average Bonchev–Trinajstić information content (AvgIpc) is 2.94. The molecular formula is C13H10FN3O2S. The van der Waals surface area contributed by atoms with Gasteiger partial charge in [-0.2, -0.15) is 5.26 Å². The van der Waals surface area contributed by atoms with Gasteiger partial charge in [0.15, 0.2) is 11.6 Å². The first-order chi connectivity index (χ1) is 9.63. The largest absolute Gasteiger partial charge is 0.485 e. The van der Waals surface area contributed by atoms with Crippen molar-refractivity contribution in [3.05, 3.63) is 51.5 Å². The van der Waals surface area contributed by atoms with E-state index in [4.69, 9.17) is 15.8 Å². The zero-order chi connectivity index (χ0) is 14.5. The minimum Gasteiger partial charge on any atom is -0.485 e. The summed E-state index contributed by atoms with van der Waals surface area (Å²) in [5, 5.41) is 8.64. The van der Waals surface area contributed by atoms with Crippen LogP contribution in [-0.2, 0) is 6.61 Å². The fourth-order valence-electron chi connectivity index (χ4n) is 1.48. The molecule has 102 valence electrons. The van der Waals surface area contributed by atoms with Crippen molar-refractivity contribution >= 4 is 17.2 Å². The second kappa shape index (κ2) is 6.14. The molecule has 1 amide bonds. The highest BCUT2D eigenvalue weighted by Crippen LogP contribution is 2.22. The van der Waals surface area contributed by atoms with E-state index in [1.807, 2.05) is 11.5 Å². The monoisotopic (exact) mass is 291 g/mol. The van der Waals surface area contributed by atoms with Gasteiger partial charge in [-0.1, -0.05) is 0 Å². The van der Waals surface area contributed by atoms with E-state index < -0.39 is 5.82 Å². The first-order valence-corrected chi connectivity index (χ1v) is 6.38.